The molecule has 0 amide bonds. The quantitative estimate of drug-likeness (QED) is 0.477. The zero-order chi connectivity index (χ0) is 16.3. The van der Waals surface area contributed by atoms with Crippen molar-refractivity contribution in [3.05, 3.63) is 24.0 Å². The molecular weight excluding hydrogens is 282 g/mol. The molecule has 2 aromatic rings. The number of rotatable bonds is 4. The van der Waals surface area contributed by atoms with E-state index in [1.165, 1.54) is 0 Å². The van der Waals surface area contributed by atoms with Crippen molar-refractivity contribution in [1.29, 1.82) is 0 Å². The van der Waals surface area contributed by atoms with Crippen molar-refractivity contribution in [2.24, 2.45) is 27.2 Å². The van der Waals surface area contributed by atoms with E-state index in [0.717, 1.165) is 16.9 Å². The van der Waals surface area contributed by atoms with Crippen LogP contribution in [0.1, 0.15) is 25.6 Å². The van der Waals surface area contributed by atoms with Gasteiger partial charge in [0, 0.05) is 12.5 Å². The summed E-state index contributed by atoms with van der Waals surface area (Å²) < 4.78 is 2.01. The zero-order valence-corrected chi connectivity index (χ0v) is 12.7. The Hall–Kier alpha value is -2.61. The smallest absolute Gasteiger partial charge is 0.223 e. The number of aliphatic hydroxyl groups is 1. The highest BCUT2D eigenvalue weighted by Crippen LogP contribution is 2.25. The highest BCUT2D eigenvalue weighted by molar-refractivity contribution is 5.94. The number of aliphatic imine (C=N–C) groups is 2. The van der Waals surface area contributed by atoms with E-state index in [1.54, 1.807) is 6.07 Å². The van der Waals surface area contributed by atoms with Crippen LogP contribution in [-0.2, 0) is 6.54 Å². The third-order valence-corrected chi connectivity index (χ3v) is 3.09. The van der Waals surface area contributed by atoms with Gasteiger partial charge in [0.2, 0.25) is 5.96 Å². The summed E-state index contributed by atoms with van der Waals surface area (Å²) in [5, 5.41) is 9.24. The van der Waals surface area contributed by atoms with E-state index >= 15 is 0 Å². The largest absolute Gasteiger partial charge is 0.395 e. The fourth-order valence-electron chi connectivity index (χ4n) is 2.27. The highest BCUT2D eigenvalue weighted by Gasteiger charge is 2.13. The molecule has 0 aliphatic heterocycles. The minimum atomic E-state index is -0.142. The van der Waals surface area contributed by atoms with Crippen LogP contribution >= 0.6 is 0 Å². The van der Waals surface area contributed by atoms with Crippen LogP contribution in [0.4, 0.5) is 5.69 Å². The second-order valence-corrected chi connectivity index (χ2v) is 5.18. The topological polar surface area (TPSA) is 141 Å². The predicted octanol–water partition coefficient (Wildman–Crippen LogP) is 0.372. The molecule has 2 rings (SSSR count). The van der Waals surface area contributed by atoms with Gasteiger partial charge in [-0.05, 0) is 18.2 Å². The number of nitrogens with two attached hydrogens (primary N) is 3. The fourth-order valence-corrected chi connectivity index (χ4v) is 2.27. The van der Waals surface area contributed by atoms with Gasteiger partial charge in [-0.1, -0.05) is 13.8 Å². The van der Waals surface area contributed by atoms with Crippen molar-refractivity contribution in [3.63, 3.8) is 0 Å². The molecular formula is C14H21N7O. The van der Waals surface area contributed by atoms with Crippen LogP contribution in [0.15, 0.2) is 28.2 Å². The molecule has 0 saturated heterocycles. The average Bonchev–Trinajstić information content (AvgIpc) is 2.76. The van der Waals surface area contributed by atoms with Crippen LogP contribution in [-0.4, -0.2) is 33.2 Å². The van der Waals surface area contributed by atoms with Gasteiger partial charge in [-0.2, -0.15) is 4.99 Å². The number of benzene rings is 1. The lowest BCUT2D eigenvalue weighted by Gasteiger charge is -2.09. The lowest BCUT2D eigenvalue weighted by Crippen LogP contribution is -2.26. The van der Waals surface area contributed by atoms with Crippen LogP contribution < -0.4 is 17.2 Å². The van der Waals surface area contributed by atoms with Gasteiger partial charge < -0.3 is 26.9 Å². The first-order valence-corrected chi connectivity index (χ1v) is 6.97. The summed E-state index contributed by atoms with van der Waals surface area (Å²) in [5.41, 5.74) is 18.5. The third-order valence-electron chi connectivity index (χ3n) is 3.09. The minimum absolute atomic E-state index is 0.0155. The summed E-state index contributed by atoms with van der Waals surface area (Å²) in [6.45, 7) is 4.68. The van der Waals surface area contributed by atoms with Gasteiger partial charge in [0.05, 0.1) is 23.3 Å². The average molecular weight is 303 g/mol. The van der Waals surface area contributed by atoms with Crippen LogP contribution in [0.3, 0.4) is 0 Å². The summed E-state index contributed by atoms with van der Waals surface area (Å²) in [5.74, 6) is 1.01. The van der Waals surface area contributed by atoms with E-state index in [2.05, 4.69) is 28.8 Å². The second kappa shape index (κ2) is 6.44. The van der Waals surface area contributed by atoms with Crippen LogP contribution in [0, 0.1) is 0 Å². The normalized spacial score (nSPS) is 12.1. The van der Waals surface area contributed by atoms with Gasteiger partial charge in [0.1, 0.15) is 5.82 Å². The summed E-state index contributed by atoms with van der Waals surface area (Å²) in [4.78, 5) is 12.4. The van der Waals surface area contributed by atoms with Crippen LogP contribution in [0.5, 0.6) is 0 Å². The number of guanidine groups is 2. The van der Waals surface area contributed by atoms with E-state index < -0.39 is 0 Å². The molecule has 22 heavy (non-hydrogen) atoms. The van der Waals surface area contributed by atoms with Gasteiger partial charge in [-0.15, -0.1) is 0 Å². The lowest BCUT2D eigenvalue weighted by atomic mass is 10.2. The summed E-state index contributed by atoms with van der Waals surface area (Å²) in [6, 6.07) is 5.51. The van der Waals surface area contributed by atoms with Crippen molar-refractivity contribution in [2.75, 3.05) is 6.61 Å². The predicted molar refractivity (Wildman–Crippen MR) is 88.0 cm³/mol. The van der Waals surface area contributed by atoms with E-state index in [9.17, 15) is 5.11 Å². The number of hydrogen-bond acceptors (Lipinski definition) is 3. The Bertz CT molecular complexity index is 726. The summed E-state index contributed by atoms with van der Waals surface area (Å²) in [6.07, 6.45) is 0. The number of hydrogen-bond donors (Lipinski definition) is 4. The van der Waals surface area contributed by atoms with Crippen molar-refractivity contribution in [1.82, 2.24) is 9.55 Å². The van der Waals surface area contributed by atoms with E-state index in [0.29, 0.717) is 12.2 Å². The Morgan fingerprint density at radius 3 is 2.64 bits per heavy atom. The maximum Gasteiger partial charge on any atom is 0.223 e. The second-order valence-electron chi connectivity index (χ2n) is 5.18. The first-order chi connectivity index (χ1) is 10.4. The van der Waals surface area contributed by atoms with E-state index in [-0.39, 0.29) is 24.4 Å². The first kappa shape index (κ1) is 15.8. The lowest BCUT2D eigenvalue weighted by molar-refractivity contribution is 0.275. The molecule has 1 heterocycles. The molecule has 0 bridgehead atoms. The molecule has 7 N–H and O–H groups in total. The maximum absolute atomic E-state index is 9.24. The Morgan fingerprint density at radius 1 is 1.32 bits per heavy atom. The molecule has 0 fully saturated rings. The van der Waals surface area contributed by atoms with Crippen LogP contribution in [0.2, 0.25) is 0 Å². The van der Waals surface area contributed by atoms with Crippen molar-refractivity contribution in [3.8, 4) is 0 Å². The highest BCUT2D eigenvalue weighted by atomic mass is 16.3. The van der Waals surface area contributed by atoms with Gasteiger partial charge in [-0.3, -0.25) is 0 Å². The van der Waals surface area contributed by atoms with E-state index in [4.69, 9.17) is 17.2 Å². The molecule has 8 heteroatoms. The standard InChI is InChI=1S/C14H21N7O/c1-8(2)12-19-10-7-9(18-14(17)20-13(15)16)3-4-11(10)21(12)5-6-22/h3-4,7-8,22H,5-6H2,1-2H3,(H6,15,16,17,18,20). The molecule has 0 atom stereocenters. The third kappa shape index (κ3) is 3.34. The molecule has 1 aromatic carbocycles. The molecule has 0 radical (unpaired) electrons. The van der Waals surface area contributed by atoms with Crippen molar-refractivity contribution < 1.29 is 5.11 Å². The Morgan fingerprint density at radius 2 is 2.05 bits per heavy atom. The molecule has 0 unspecified atom stereocenters. The summed E-state index contributed by atoms with van der Waals surface area (Å²) >= 11 is 0. The molecule has 0 aliphatic carbocycles. The molecule has 0 aliphatic rings. The Labute approximate surface area is 128 Å². The SMILES string of the molecule is CC(C)c1nc2cc(N=C(N)N=C(N)N)ccc2n1CCO. The number of imidazole rings is 1. The van der Waals surface area contributed by atoms with Gasteiger partial charge in [0.15, 0.2) is 5.96 Å². The molecule has 8 nitrogen and oxygen atoms in total. The van der Waals surface area contributed by atoms with Gasteiger partial charge in [0.25, 0.3) is 0 Å². The van der Waals surface area contributed by atoms with Gasteiger partial charge in [-0.25, -0.2) is 9.98 Å². The first-order valence-electron chi connectivity index (χ1n) is 6.97. The van der Waals surface area contributed by atoms with E-state index in [1.807, 2.05) is 16.7 Å². The molecule has 118 valence electrons. The van der Waals surface area contributed by atoms with Crippen molar-refractivity contribution in [2.45, 2.75) is 26.3 Å². The zero-order valence-electron chi connectivity index (χ0n) is 12.7. The number of aliphatic hydroxyl groups excluding tert-OH is 1. The van der Waals surface area contributed by atoms with Gasteiger partial charge >= 0.3 is 0 Å². The molecule has 1 aromatic heterocycles. The number of aromatic nitrogens is 2. The maximum atomic E-state index is 9.24. The molecule has 0 saturated carbocycles. The minimum Gasteiger partial charge on any atom is -0.395 e. The van der Waals surface area contributed by atoms with Crippen LogP contribution in [0.25, 0.3) is 11.0 Å². The number of fused-ring (bicyclic) bond motifs is 1. The monoisotopic (exact) mass is 303 g/mol. The number of nitrogens with zero attached hydrogens (tertiary/aromatic N) is 4. The summed E-state index contributed by atoms with van der Waals surface area (Å²) in [7, 11) is 0. The Kier molecular flexibility index (Phi) is 4.62. The fraction of sp³-hybridized carbons (Fsp3) is 0.357. The van der Waals surface area contributed by atoms with Crippen molar-refractivity contribution >= 4 is 28.6 Å². The Balaban J connectivity index is 2.49. The molecule has 0 spiro atoms.